The minimum absolute atomic E-state index is 0.0310. The van der Waals surface area contributed by atoms with E-state index in [0.717, 1.165) is 12.1 Å². The molecule has 1 heterocycles. The van der Waals surface area contributed by atoms with Crippen LogP contribution in [0.5, 0.6) is 0 Å². The average Bonchev–Trinajstić information content (AvgIpc) is 2.80. The van der Waals surface area contributed by atoms with Gasteiger partial charge in [-0.1, -0.05) is 11.6 Å². The van der Waals surface area contributed by atoms with E-state index in [1.54, 1.807) is 6.07 Å². The molecule has 0 spiro atoms. The summed E-state index contributed by atoms with van der Waals surface area (Å²) >= 11 is 5.75. The van der Waals surface area contributed by atoms with E-state index in [2.05, 4.69) is 14.9 Å². The molecule has 0 amide bonds. The summed E-state index contributed by atoms with van der Waals surface area (Å²) in [4.78, 5) is -0.281. The lowest BCUT2D eigenvalue weighted by Crippen LogP contribution is -2.15. The Kier molecular flexibility index (Phi) is 3.65. The second-order valence-corrected chi connectivity index (χ2v) is 5.97. The van der Waals surface area contributed by atoms with Crippen molar-refractivity contribution >= 4 is 27.4 Å². The average molecular weight is 315 g/mol. The van der Waals surface area contributed by atoms with Gasteiger partial charge in [-0.3, -0.25) is 9.82 Å². The Morgan fingerprint density at radius 2 is 2.20 bits per heavy atom. The second kappa shape index (κ2) is 5.11. The van der Waals surface area contributed by atoms with Crippen LogP contribution in [-0.4, -0.2) is 18.6 Å². The maximum atomic E-state index is 13.3. The molecule has 6 nitrogen and oxygen atoms in total. The zero-order valence-corrected chi connectivity index (χ0v) is 11.7. The summed E-state index contributed by atoms with van der Waals surface area (Å²) in [6.07, 6.45) is 1.18. The molecular formula is C11H8ClFN4O2S. The molecule has 1 aromatic carbocycles. The van der Waals surface area contributed by atoms with Gasteiger partial charge in [-0.15, -0.1) is 0 Å². The summed E-state index contributed by atoms with van der Waals surface area (Å²) in [6, 6.07) is 3.80. The fourth-order valence-electron chi connectivity index (χ4n) is 1.47. The van der Waals surface area contributed by atoms with Gasteiger partial charge in [-0.2, -0.15) is 10.4 Å². The minimum atomic E-state index is -4.06. The normalized spacial score (nSPS) is 11.1. The number of sulfonamides is 1. The van der Waals surface area contributed by atoms with Gasteiger partial charge in [0, 0.05) is 0 Å². The highest BCUT2D eigenvalue weighted by molar-refractivity contribution is 7.92. The lowest BCUT2D eigenvalue weighted by Gasteiger charge is -2.09. The molecule has 0 aliphatic heterocycles. The number of hydrogen-bond acceptors (Lipinski definition) is 4. The number of rotatable bonds is 3. The number of anilines is 1. The molecule has 20 heavy (non-hydrogen) atoms. The summed E-state index contributed by atoms with van der Waals surface area (Å²) < 4.78 is 39.8. The van der Waals surface area contributed by atoms with Gasteiger partial charge in [0.25, 0.3) is 10.0 Å². The number of aryl methyl sites for hydroxylation is 1. The number of nitrogens with zero attached hydrogens (tertiary/aromatic N) is 2. The molecule has 0 aliphatic carbocycles. The Labute approximate surface area is 119 Å². The predicted octanol–water partition coefficient (Wildman–Crippen LogP) is 2.18. The van der Waals surface area contributed by atoms with Gasteiger partial charge < -0.3 is 0 Å². The van der Waals surface area contributed by atoms with Gasteiger partial charge in [0.05, 0.1) is 11.2 Å². The molecule has 0 saturated carbocycles. The molecule has 0 radical (unpaired) electrons. The first-order valence-corrected chi connectivity index (χ1v) is 7.13. The SMILES string of the molecule is Cc1cc(S(=O)(=O)Nc2[nH]ncc2C#N)c(Cl)cc1F. The molecule has 2 rings (SSSR count). The smallest absolute Gasteiger partial charge is 0.263 e. The number of aromatic amines is 1. The van der Waals surface area contributed by atoms with Gasteiger partial charge in [-0.05, 0) is 24.6 Å². The predicted molar refractivity (Wildman–Crippen MR) is 70.3 cm³/mol. The van der Waals surface area contributed by atoms with E-state index in [1.807, 2.05) is 0 Å². The molecule has 2 aromatic rings. The van der Waals surface area contributed by atoms with Crippen LogP contribution in [-0.2, 0) is 10.0 Å². The van der Waals surface area contributed by atoms with Crippen molar-refractivity contribution in [3.05, 3.63) is 40.3 Å². The summed E-state index contributed by atoms with van der Waals surface area (Å²) in [5, 5.41) is 14.4. The van der Waals surface area contributed by atoms with Gasteiger partial charge in [0.1, 0.15) is 22.3 Å². The molecule has 1 aromatic heterocycles. The van der Waals surface area contributed by atoms with Crippen molar-refractivity contribution in [2.75, 3.05) is 4.72 Å². The van der Waals surface area contributed by atoms with Crippen LogP contribution in [0.2, 0.25) is 5.02 Å². The molecule has 0 unspecified atom stereocenters. The largest absolute Gasteiger partial charge is 0.264 e. The van der Waals surface area contributed by atoms with Crippen molar-refractivity contribution in [2.24, 2.45) is 0 Å². The Morgan fingerprint density at radius 1 is 1.50 bits per heavy atom. The Hall–Kier alpha value is -2.11. The molecule has 0 bridgehead atoms. The van der Waals surface area contributed by atoms with Crippen molar-refractivity contribution in [1.29, 1.82) is 5.26 Å². The highest BCUT2D eigenvalue weighted by Gasteiger charge is 2.21. The van der Waals surface area contributed by atoms with E-state index in [9.17, 15) is 12.8 Å². The van der Waals surface area contributed by atoms with E-state index in [-0.39, 0.29) is 26.9 Å². The van der Waals surface area contributed by atoms with Crippen molar-refractivity contribution in [1.82, 2.24) is 10.2 Å². The summed E-state index contributed by atoms with van der Waals surface area (Å²) in [6.45, 7) is 1.42. The fourth-order valence-corrected chi connectivity index (χ4v) is 3.11. The van der Waals surface area contributed by atoms with E-state index in [4.69, 9.17) is 16.9 Å². The molecule has 0 saturated heterocycles. The number of benzene rings is 1. The molecule has 104 valence electrons. The first-order chi connectivity index (χ1) is 9.35. The molecule has 9 heteroatoms. The van der Waals surface area contributed by atoms with Crippen molar-refractivity contribution in [3.63, 3.8) is 0 Å². The monoisotopic (exact) mass is 314 g/mol. The number of aromatic nitrogens is 2. The van der Waals surface area contributed by atoms with Gasteiger partial charge in [-0.25, -0.2) is 12.8 Å². The van der Waals surface area contributed by atoms with Crippen LogP contribution in [0.4, 0.5) is 10.2 Å². The topological polar surface area (TPSA) is 98.6 Å². The van der Waals surface area contributed by atoms with E-state index in [1.165, 1.54) is 13.1 Å². The first kappa shape index (κ1) is 14.3. The molecule has 2 N–H and O–H groups in total. The third kappa shape index (κ3) is 2.59. The van der Waals surface area contributed by atoms with E-state index < -0.39 is 15.8 Å². The summed E-state index contributed by atoms with van der Waals surface area (Å²) in [5.41, 5.74) is 0.170. The zero-order valence-electron chi connectivity index (χ0n) is 10.1. The first-order valence-electron chi connectivity index (χ1n) is 5.27. The fraction of sp³-hybridized carbons (Fsp3) is 0.0909. The lowest BCUT2D eigenvalue weighted by molar-refractivity contribution is 0.598. The lowest BCUT2D eigenvalue weighted by atomic mass is 10.2. The van der Waals surface area contributed by atoms with Crippen molar-refractivity contribution in [2.45, 2.75) is 11.8 Å². The van der Waals surface area contributed by atoms with Gasteiger partial charge in [0.2, 0.25) is 0 Å². The van der Waals surface area contributed by atoms with Crippen LogP contribution >= 0.6 is 11.6 Å². The maximum absolute atomic E-state index is 13.3. The second-order valence-electron chi connectivity index (χ2n) is 3.91. The third-order valence-electron chi connectivity index (χ3n) is 2.50. The maximum Gasteiger partial charge on any atom is 0.264 e. The van der Waals surface area contributed by atoms with Crippen molar-refractivity contribution < 1.29 is 12.8 Å². The molecule has 0 atom stereocenters. The minimum Gasteiger partial charge on any atom is -0.263 e. The van der Waals surface area contributed by atoms with Crippen LogP contribution in [0.3, 0.4) is 0 Å². The number of hydrogen-bond donors (Lipinski definition) is 2. The van der Waals surface area contributed by atoms with E-state index in [0.29, 0.717) is 0 Å². The standard InChI is InChI=1S/C11H8ClFN4O2S/c1-6-2-10(8(12)3-9(6)13)20(18,19)17-11-7(4-14)5-15-16-11/h2-3,5H,1H3,(H2,15,16,17). The molecule has 0 aliphatic rings. The van der Waals surface area contributed by atoms with E-state index >= 15 is 0 Å². The molecule has 0 fully saturated rings. The Bertz CT molecular complexity index is 810. The van der Waals surface area contributed by atoms with Gasteiger partial charge in [0.15, 0.2) is 5.82 Å². The van der Waals surface area contributed by atoms with Crippen LogP contribution in [0.15, 0.2) is 23.2 Å². The quantitative estimate of drug-likeness (QED) is 0.907. The highest BCUT2D eigenvalue weighted by Crippen LogP contribution is 2.26. The summed E-state index contributed by atoms with van der Waals surface area (Å²) in [5.74, 6) is -0.682. The Morgan fingerprint density at radius 3 is 2.85 bits per heavy atom. The third-order valence-corrected chi connectivity index (χ3v) is 4.31. The van der Waals surface area contributed by atoms with Crippen LogP contribution in [0.25, 0.3) is 0 Å². The zero-order chi connectivity index (χ0) is 14.9. The Balaban J connectivity index is 2.47. The number of H-pyrrole nitrogens is 1. The number of nitriles is 1. The summed E-state index contributed by atoms with van der Waals surface area (Å²) in [7, 11) is -4.06. The number of halogens is 2. The van der Waals surface area contributed by atoms with Gasteiger partial charge >= 0.3 is 0 Å². The van der Waals surface area contributed by atoms with Crippen LogP contribution in [0, 0.1) is 24.1 Å². The number of nitrogens with one attached hydrogen (secondary N) is 2. The van der Waals surface area contributed by atoms with Crippen LogP contribution < -0.4 is 4.72 Å². The van der Waals surface area contributed by atoms with Crippen LogP contribution in [0.1, 0.15) is 11.1 Å². The molecular weight excluding hydrogens is 307 g/mol. The highest BCUT2D eigenvalue weighted by atomic mass is 35.5. The van der Waals surface area contributed by atoms with Crippen molar-refractivity contribution in [3.8, 4) is 6.07 Å².